The van der Waals surface area contributed by atoms with Gasteiger partial charge < -0.3 is 10.2 Å². The van der Waals surface area contributed by atoms with Gasteiger partial charge in [0.1, 0.15) is 0 Å². The zero-order chi connectivity index (χ0) is 13.7. The molecule has 1 N–H and O–H groups in total. The average molecular weight is 281 g/mol. The molecule has 1 aliphatic rings. The molecule has 1 aromatic carbocycles. The van der Waals surface area contributed by atoms with E-state index in [4.69, 9.17) is 11.6 Å². The smallest absolute Gasteiger partial charge is 0.227 e. The van der Waals surface area contributed by atoms with Gasteiger partial charge in [-0.15, -0.1) is 0 Å². The summed E-state index contributed by atoms with van der Waals surface area (Å²) in [6, 6.07) is 7.91. The van der Waals surface area contributed by atoms with E-state index in [-0.39, 0.29) is 5.91 Å². The maximum absolute atomic E-state index is 12.3. The minimum Gasteiger partial charge on any atom is -0.342 e. The monoisotopic (exact) mass is 280 g/mol. The third-order valence-electron chi connectivity index (χ3n) is 3.79. The molecule has 0 aliphatic carbocycles. The van der Waals surface area contributed by atoms with E-state index in [2.05, 4.69) is 5.32 Å². The number of hydrogen-bond acceptors (Lipinski definition) is 2. The Bertz CT molecular complexity index is 428. The zero-order valence-corrected chi connectivity index (χ0v) is 12.1. The van der Waals surface area contributed by atoms with Crippen LogP contribution in [0.4, 0.5) is 0 Å². The highest BCUT2D eigenvalue weighted by Crippen LogP contribution is 2.18. The van der Waals surface area contributed by atoms with Crippen molar-refractivity contribution in [2.24, 2.45) is 0 Å². The van der Waals surface area contributed by atoms with Gasteiger partial charge in [-0.05, 0) is 44.0 Å². The summed E-state index contributed by atoms with van der Waals surface area (Å²) < 4.78 is 0. The molecule has 1 amide bonds. The summed E-state index contributed by atoms with van der Waals surface area (Å²) in [5.41, 5.74) is 0.910. The fraction of sp³-hybridized carbons (Fsp3) is 0.533. The van der Waals surface area contributed by atoms with Gasteiger partial charge in [-0.3, -0.25) is 4.79 Å². The van der Waals surface area contributed by atoms with Crippen LogP contribution in [-0.4, -0.2) is 37.0 Å². The van der Waals surface area contributed by atoms with Gasteiger partial charge in [-0.1, -0.05) is 29.8 Å². The standard InChI is InChI=1S/C15H21ClN2O/c1-18(13-6-4-9-17-10-8-13)15(19)11-12-5-2-3-7-14(12)16/h2-3,5,7,13,17H,4,6,8-11H2,1H3. The van der Waals surface area contributed by atoms with Crippen LogP contribution in [0.3, 0.4) is 0 Å². The Morgan fingerprint density at radius 3 is 2.95 bits per heavy atom. The Kier molecular flexibility index (Phi) is 5.23. The van der Waals surface area contributed by atoms with Crippen LogP contribution in [0.1, 0.15) is 24.8 Å². The number of benzene rings is 1. The quantitative estimate of drug-likeness (QED) is 0.923. The molecule has 4 heteroatoms. The molecule has 1 aromatic rings. The summed E-state index contributed by atoms with van der Waals surface area (Å²) >= 11 is 6.10. The lowest BCUT2D eigenvalue weighted by molar-refractivity contribution is -0.131. The van der Waals surface area contributed by atoms with E-state index in [0.29, 0.717) is 17.5 Å². The number of nitrogens with one attached hydrogen (secondary N) is 1. The molecule has 0 aromatic heterocycles. The first kappa shape index (κ1) is 14.4. The first-order valence-corrected chi connectivity index (χ1v) is 7.26. The Morgan fingerprint density at radius 1 is 1.37 bits per heavy atom. The van der Waals surface area contributed by atoms with Crippen LogP contribution < -0.4 is 5.32 Å². The second kappa shape index (κ2) is 6.92. The highest BCUT2D eigenvalue weighted by atomic mass is 35.5. The van der Waals surface area contributed by atoms with Gasteiger partial charge in [0.2, 0.25) is 5.91 Å². The molecular weight excluding hydrogens is 260 g/mol. The highest BCUT2D eigenvalue weighted by molar-refractivity contribution is 6.31. The third kappa shape index (κ3) is 3.95. The van der Waals surface area contributed by atoms with Crippen LogP contribution in [0, 0.1) is 0 Å². The molecule has 0 bridgehead atoms. The summed E-state index contributed by atoms with van der Waals surface area (Å²) in [5, 5.41) is 4.04. The van der Waals surface area contributed by atoms with Crippen LogP contribution in [0.15, 0.2) is 24.3 Å². The minimum atomic E-state index is 0.153. The second-order valence-corrected chi connectivity index (χ2v) is 5.51. The summed E-state index contributed by atoms with van der Waals surface area (Å²) in [5.74, 6) is 0.153. The van der Waals surface area contributed by atoms with Crippen LogP contribution in [0.5, 0.6) is 0 Å². The van der Waals surface area contributed by atoms with Gasteiger partial charge in [-0.2, -0.15) is 0 Å². The predicted molar refractivity (Wildman–Crippen MR) is 78.4 cm³/mol. The van der Waals surface area contributed by atoms with Gasteiger partial charge in [0.05, 0.1) is 6.42 Å². The van der Waals surface area contributed by atoms with Crippen LogP contribution in [-0.2, 0) is 11.2 Å². The molecule has 1 heterocycles. The van der Waals surface area contributed by atoms with Crippen molar-refractivity contribution in [2.75, 3.05) is 20.1 Å². The summed E-state index contributed by atoms with van der Waals surface area (Å²) in [7, 11) is 1.91. The molecule has 2 rings (SSSR count). The van der Waals surface area contributed by atoms with Crippen molar-refractivity contribution >= 4 is 17.5 Å². The maximum atomic E-state index is 12.3. The molecule has 1 unspecified atom stereocenters. The lowest BCUT2D eigenvalue weighted by Crippen LogP contribution is -2.38. The Labute approximate surface area is 119 Å². The topological polar surface area (TPSA) is 32.3 Å². The molecule has 0 radical (unpaired) electrons. The lowest BCUT2D eigenvalue weighted by atomic mass is 10.1. The average Bonchev–Trinajstić information content (AvgIpc) is 2.69. The van der Waals surface area contributed by atoms with Crippen molar-refractivity contribution in [1.82, 2.24) is 10.2 Å². The highest BCUT2D eigenvalue weighted by Gasteiger charge is 2.21. The van der Waals surface area contributed by atoms with Gasteiger partial charge >= 0.3 is 0 Å². The van der Waals surface area contributed by atoms with Crippen molar-refractivity contribution in [1.29, 1.82) is 0 Å². The number of likely N-dealkylation sites (N-methyl/N-ethyl adjacent to an activating group) is 1. The molecule has 0 spiro atoms. The first-order chi connectivity index (χ1) is 9.18. The zero-order valence-electron chi connectivity index (χ0n) is 11.4. The van der Waals surface area contributed by atoms with E-state index < -0.39 is 0 Å². The molecule has 0 saturated carbocycles. The van der Waals surface area contributed by atoms with Gasteiger partial charge in [0.25, 0.3) is 0 Å². The van der Waals surface area contributed by atoms with Crippen LogP contribution in [0.25, 0.3) is 0 Å². The van der Waals surface area contributed by atoms with Crippen molar-refractivity contribution in [2.45, 2.75) is 31.7 Å². The molecule has 1 aliphatic heterocycles. The number of rotatable bonds is 3. The van der Waals surface area contributed by atoms with E-state index in [1.807, 2.05) is 36.2 Å². The number of carbonyl (C=O) groups is 1. The maximum Gasteiger partial charge on any atom is 0.227 e. The molecular formula is C15H21ClN2O. The molecule has 3 nitrogen and oxygen atoms in total. The number of halogens is 1. The fourth-order valence-corrected chi connectivity index (χ4v) is 2.72. The first-order valence-electron chi connectivity index (χ1n) is 6.88. The van der Waals surface area contributed by atoms with Crippen molar-refractivity contribution in [3.05, 3.63) is 34.9 Å². The third-order valence-corrected chi connectivity index (χ3v) is 4.15. The summed E-state index contributed by atoms with van der Waals surface area (Å²) in [6.45, 7) is 2.05. The van der Waals surface area contributed by atoms with Crippen molar-refractivity contribution in [3.63, 3.8) is 0 Å². The minimum absolute atomic E-state index is 0.153. The summed E-state index contributed by atoms with van der Waals surface area (Å²) in [4.78, 5) is 14.2. The van der Waals surface area contributed by atoms with Gasteiger partial charge in [0, 0.05) is 18.1 Å². The molecule has 104 valence electrons. The normalized spacial score (nSPS) is 19.8. The summed E-state index contributed by atoms with van der Waals surface area (Å²) in [6.07, 6.45) is 3.64. The van der Waals surface area contributed by atoms with Crippen LogP contribution in [0.2, 0.25) is 5.02 Å². The Morgan fingerprint density at radius 2 is 2.16 bits per heavy atom. The molecule has 1 fully saturated rings. The van der Waals surface area contributed by atoms with E-state index in [0.717, 1.165) is 37.9 Å². The Hall–Kier alpha value is -1.06. The molecule has 1 saturated heterocycles. The number of hydrogen-bond donors (Lipinski definition) is 1. The van der Waals surface area contributed by atoms with E-state index in [1.165, 1.54) is 0 Å². The van der Waals surface area contributed by atoms with Gasteiger partial charge in [-0.25, -0.2) is 0 Å². The number of amides is 1. The van der Waals surface area contributed by atoms with E-state index in [1.54, 1.807) is 0 Å². The molecule has 19 heavy (non-hydrogen) atoms. The molecule has 1 atom stereocenters. The van der Waals surface area contributed by atoms with Crippen molar-refractivity contribution in [3.8, 4) is 0 Å². The lowest BCUT2D eigenvalue weighted by Gasteiger charge is -2.27. The SMILES string of the molecule is CN(C(=O)Cc1ccccc1Cl)C1CCCNCC1. The van der Waals surface area contributed by atoms with Gasteiger partial charge in [0.15, 0.2) is 0 Å². The number of nitrogens with zero attached hydrogens (tertiary/aromatic N) is 1. The van der Waals surface area contributed by atoms with E-state index >= 15 is 0 Å². The predicted octanol–water partition coefficient (Wildman–Crippen LogP) is 2.48. The number of carbonyl (C=O) groups excluding carboxylic acids is 1. The Balaban J connectivity index is 1.97. The van der Waals surface area contributed by atoms with Crippen LogP contribution >= 0.6 is 11.6 Å². The fourth-order valence-electron chi connectivity index (χ4n) is 2.52. The van der Waals surface area contributed by atoms with Crippen molar-refractivity contribution < 1.29 is 4.79 Å². The second-order valence-electron chi connectivity index (χ2n) is 5.11. The van der Waals surface area contributed by atoms with E-state index in [9.17, 15) is 4.79 Å². The largest absolute Gasteiger partial charge is 0.342 e.